The number of fused-ring (bicyclic) bond motifs is 1. The lowest BCUT2D eigenvalue weighted by Gasteiger charge is -2.35. The number of oxazole rings is 1. The summed E-state index contributed by atoms with van der Waals surface area (Å²) in [6.45, 7) is 2.34. The first-order chi connectivity index (χ1) is 14.7. The van der Waals surface area contributed by atoms with Gasteiger partial charge >= 0.3 is 5.76 Å². The van der Waals surface area contributed by atoms with Gasteiger partial charge in [-0.1, -0.05) is 12.1 Å². The molecule has 0 saturated carbocycles. The molecule has 30 heavy (non-hydrogen) atoms. The van der Waals surface area contributed by atoms with Crippen molar-refractivity contribution in [3.63, 3.8) is 0 Å². The third kappa shape index (κ3) is 3.32. The molecule has 0 aliphatic carbocycles. The molecule has 1 aliphatic rings. The lowest BCUT2D eigenvalue weighted by atomic mass is 10.3. The first kappa shape index (κ1) is 18.1. The van der Waals surface area contributed by atoms with Gasteiger partial charge in [0, 0.05) is 44.6 Å². The average Bonchev–Trinajstić information content (AvgIpc) is 3.43. The number of hydrogen-bond acceptors (Lipinski definition) is 7. The van der Waals surface area contributed by atoms with Crippen molar-refractivity contribution >= 4 is 22.8 Å². The van der Waals surface area contributed by atoms with Crippen LogP contribution in [-0.2, 0) is 11.3 Å². The van der Waals surface area contributed by atoms with Crippen molar-refractivity contribution in [1.82, 2.24) is 29.2 Å². The second-order valence-corrected chi connectivity index (χ2v) is 6.97. The van der Waals surface area contributed by atoms with Crippen LogP contribution in [0, 0.1) is 0 Å². The van der Waals surface area contributed by atoms with Gasteiger partial charge in [-0.25, -0.2) is 19.4 Å². The van der Waals surface area contributed by atoms with Crippen LogP contribution in [0.4, 0.5) is 5.82 Å². The molecule has 3 aromatic heterocycles. The van der Waals surface area contributed by atoms with Crippen LogP contribution in [0.25, 0.3) is 16.9 Å². The van der Waals surface area contributed by atoms with Gasteiger partial charge in [0.2, 0.25) is 5.91 Å². The Balaban J connectivity index is 1.26. The van der Waals surface area contributed by atoms with Crippen LogP contribution in [-0.4, -0.2) is 61.3 Å². The molecule has 5 rings (SSSR count). The predicted molar refractivity (Wildman–Crippen MR) is 108 cm³/mol. The van der Waals surface area contributed by atoms with Gasteiger partial charge in [-0.15, -0.1) is 0 Å². The summed E-state index contributed by atoms with van der Waals surface area (Å²) in [7, 11) is 0. The Morgan fingerprint density at radius 3 is 2.63 bits per heavy atom. The predicted octanol–water partition coefficient (Wildman–Crippen LogP) is 0.919. The Labute approximate surface area is 171 Å². The fourth-order valence-electron chi connectivity index (χ4n) is 3.62. The molecular weight excluding hydrogens is 386 g/mol. The van der Waals surface area contributed by atoms with Crippen molar-refractivity contribution in [3.8, 4) is 5.82 Å². The summed E-state index contributed by atoms with van der Waals surface area (Å²) in [5.41, 5.74) is 1.11. The Bertz CT molecular complexity index is 1240. The van der Waals surface area contributed by atoms with Crippen LogP contribution in [0.1, 0.15) is 0 Å². The van der Waals surface area contributed by atoms with Crippen LogP contribution in [0.15, 0.2) is 64.3 Å². The summed E-state index contributed by atoms with van der Waals surface area (Å²) < 4.78 is 8.27. The summed E-state index contributed by atoms with van der Waals surface area (Å²) in [4.78, 5) is 37.4. The van der Waals surface area contributed by atoms with E-state index in [-0.39, 0.29) is 12.5 Å². The molecule has 10 heteroatoms. The quantitative estimate of drug-likeness (QED) is 0.497. The van der Waals surface area contributed by atoms with Crippen LogP contribution in [0.2, 0.25) is 0 Å². The number of carbonyl (C=O) groups is 1. The molecule has 1 fully saturated rings. The molecule has 1 saturated heterocycles. The van der Waals surface area contributed by atoms with Crippen LogP contribution in [0.3, 0.4) is 0 Å². The third-order valence-corrected chi connectivity index (χ3v) is 5.20. The van der Waals surface area contributed by atoms with E-state index >= 15 is 0 Å². The van der Waals surface area contributed by atoms with Crippen molar-refractivity contribution < 1.29 is 9.21 Å². The largest absolute Gasteiger partial charge is 0.420 e. The maximum atomic E-state index is 12.8. The first-order valence-electron chi connectivity index (χ1n) is 9.62. The Kier molecular flexibility index (Phi) is 4.51. The molecule has 152 valence electrons. The number of piperazine rings is 1. The number of carbonyl (C=O) groups excluding carboxylic acids is 1. The zero-order chi connectivity index (χ0) is 20.5. The van der Waals surface area contributed by atoms with Crippen molar-refractivity contribution in [1.29, 1.82) is 0 Å². The SMILES string of the molecule is O=C(Cn1c(=O)oc2ccccc21)N1CCN(c2cc(-n3cccn3)ncn2)CC1. The molecular formula is C20H19N7O3. The van der Waals surface area contributed by atoms with Crippen molar-refractivity contribution in [2.75, 3.05) is 31.1 Å². The standard InChI is InChI=1S/C20H19N7O3/c28-19(13-26-15-4-1-2-5-16(15)30-20(26)29)25-10-8-24(9-11-25)17-12-18(22-14-21-17)27-7-3-6-23-27/h1-7,12,14H,8-11,13H2. The van der Waals surface area contributed by atoms with Crippen LogP contribution < -0.4 is 10.7 Å². The van der Waals surface area contributed by atoms with Gasteiger partial charge in [0.05, 0.1) is 5.52 Å². The van der Waals surface area contributed by atoms with Gasteiger partial charge in [0.1, 0.15) is 18.7 Å². The fraction of sp³-hybridized carbons (Fsp3) is 0.250. The summed E-state index contributed by atoms with van der Waals surface area (Å²) >= 11 is 0. The number of para-hydroxylation sites is 2. The van der Waals surface area contributed by atoms with E-state index in [0.29, 0.717) is 43.1 Å². The van der Waals surface area contributed by atoms with E-state index in [1.807, 2.05) is 24.4 Å². The highest BCUT2D eigenvalue weighted by Crippen LogP contribution is 2.17. The minimum absolute atomic E-state index is 0.0349. The maximum Gasteiger partial charge on any atom is 0.420 e. The maximum absolute atomic E-state index is 12.8. The van der Waals surface area contributed by atoms with Crippen molar-refractivity contribution in [3.05, 3.63) is 65.7 Å². The Hall–Kier alpha value is -3.95. The molecule has 0 spiro atoms. The van der Waals surface area contributed by atoms with E-state index in [4.69, 9.17) is 4.42 Å². The van der Waals surface area contributed by atoms with Crippen LogP contribution >= 0.6 is 0 Å². The molecule has 0 unspecified atom stereocenters. The van der Waals surface area contributed by atoms with E-state index in [1.54, 1.807) is 34.0 Å². The molecule has 4 heterocycles. The molecule has 0 bridgehead atoms. The van der Waals surface area contributed by atoms with Gasteiger partial charge in [-0.3, -0.25) is 9.36 Å². The topological polar surface area (TPSA) is 102 Å². The zero-order valence-electron chi connectivity index (χ0n) is 16.1. The molecule has 1 aromatic carbocycles. The molecule has 10 nitrogen and oxygen atoms in total. The molecule has 1 amide bonds. The zero-order valence-corrected chi connectivity index (χ0v) is 16.1. The van der Waals surface area contributed by atoms with E-state index < -0.39 is 5.76 Å². The normalized spacial score (nSPS) is 14.4. The summed E-state index contributed by atoms with van der Waals surface area (Å²) in [6.07, 6.45) is 5.03. The van der Waals surface area contributed by atoms with Gasteiger partial charge in [-0.2, -0.15) is 5.10 Å². The van der Waals surface area contributed by atoms with Gasteiger partial charge in [0.25, 0.3) is 0 Å². The van der Waals surface area contributed by atoms with E-state index in [2.05, 4.69) is 20.0 Å². The number of benzene rings is 1. The highest BCUT2D eigenvalue weighted by Gasteiger charge is 2.23. The van der Waals surface area contributed by atoms with Crippen molar-refractivity contribution in [2.45, 2.75) is 6.54 Å². The molecule has 4 aromatic rings. The molecule has 0 radical (unpaired) electrons. The van der Waals surface area contributed by atoms with E-state index in [0.717, 1.165) is 5.82 Å². The second kappa shape index (κ2) is 7.47. The highest BCUT2D eigenvalue weighted by atomic mass is 16.4. The summed E-state index contributed by atoms with van der Waals surface area (Å²) in [6, 6.07) is 10.8. The van der Waals surface area contributed by atoms with E-state index in [9.17, 15) is 9.59 Å². The van der Waals surface area contributed by atoms with Crippen molar-refractivity contribution in [2.24, 2.45) is 0 Å². The molecule has 1 aliphatic heterocycles. The fourth-order valence-corrected chi connectivity index (χ4v) is 3.62. The van der Waals surface area contributed by atoms with Gasteiger partial charge in [0.15, 0.2) is 11.4 Å². The van der Waals surface area contributed by atoms with Gasteiger partial charge in [-0.05, 0) is 18.2 Å². The smallest absolute Gasteiger partial charge is 0.408 e. The van der Waals surface area contributed by atoms with Gasteiger partial charge < -0.3 is 14.2 Å². The minimum Gasteiger partial charge on any atom is -0.408 e. The van der Waals surface area contributed by atoms with Crippen LogP contribution in [0.5, 0.6) is 0 Å². The minimum atomic E-state index is -0.518. The summed E-state index contributed by atoms with van der Waals surface area (Å²) in [5, 5.41) is 4.19. The number of anilines is 1. The Morgan fingerprint density at radius 2 is 1.83 bits per heavy atom. The molecule has 0 N–H and O–H groups in total. The Morgan fingerprint density at radius 1 is 1.03 bits per heavy atom. The first-order valence-corrected chi connectivity index (χ1v) is 9.62. The number of aromatic nitrogens is 5. The average molecular weight is 405 g/mol. The lowest BCUT2D eigenvalue weighted by molar-refractivity contribution is -0.132. The number of amides is 1. The van der Waals surface area contributed by atoms with E-state index in [1.165, 1.54) is 10.9 Å². The number of hydrogen-bond donors (Lipinski definition) is 0. The second-order valence-electron chi connectivity index (χ2n) is 6.97. The molecule has 0 atom stereocenters. The number of rotatable bonds is 4. The number of nitrogens with zero attached hydrogens (tertiary/aromatic N) is 7. The monoisotopic (exact) mass is 405 g/mol. The summed E-state index contributed by atoms with van der Waals surface area (Å²) in [5.74, 6) is 0.855. The third-order valence-electron chi connectivity index (χ3n) is 5.20. The lowest BCUT2D eigenvalue weighted by Crippen LogP contribution is -2.50. The highest BCUT2D eigenvalue weighted by molar-refractivity contribution is 5.79.